The van der Waals surface area contributed by atoms with E-state index in [9.17, 15) is 5.11 Å². The van der Waals surface area contributed by atoms with E-state index in [2.05, 4.69) is 74.8 Å². The summed E-state index contributed by atoms with van der Waals surface area (Å²) in [6.07, 6.45) is 16.1. The minimum atomic E-state index is -0.125. The minimum absolute atomic E-state index is 0.125. The van der Waals surface area contributed by atoms with Gasteiger partial charge in [-0.15, -0.1) is 0 Å². The quantitative estimate of drug-likeness (QED) is 0.354. The van der Waals surface area contributed by atoms with E-state index in [-0.39, 0.29) is 6.10 Å². The standard InChI is InChI=1S/C34H53BrO/c1-22(2)7-6-8-23(3)28-15-16-29-26-13-14-30-27(21-24-9-11-25(35)12-10-24)32(36)18-20-34(30,5)31(26)17-19-33(28,29)4/h9-12,22-23,26-32,36H,6-8,13-21H2,1-5H3/t23-,26+,27+,28-,29+,30?,31+,32-,33-,34+/m1/s1. The number of rotatable bonds is 7. The molecule has 4 saturated carbocycles. The Bertz CT molecular complexity index is 878. The molecular weight excluding hydrogens is 504 g/mol. The Morgan fingerprint density at radius 2 is 1.50 bits per heavy atom. The molecule has 0 saturated heterocycles. The maximum absolute atomic E-state index is 11.2. The topological polar surface area (TPSA) is 20.2 Å². The van der Waals surface area contributed by atoms with Gasteiger partial charge in [0.15, 0.2) is 0 Å². The zero-order valence-corrected chi connectivity index (χ0v) is 25.4. The normalized spacial score (nSPS) is 43.1. The van der Waals surface area contributed by atoms with Crippen molar-refractivity contribution in [1.82, 2.24) is 0 Å². The Kier molecular flexibility index (Phi) is 8.07. The summed E-state index contributed by atoms with van der Waals surface area (Å²) in [6, 6.07) is 8.87. The van der Waals surface area contributed by atoms with Crippen molar-refractivity contribution in [2.45, 2.75) is 118 Å². The zero-order chi connectivity index (χ0) is 25.7. The SMILES string of the molecule is CC(C)CCC[C@@H](C)[C@H]1CC[C@H]2[C@@H]3CCC4[C@H](Cc5ccc(Br)cc5)[C@H](O)CC[C@]4(C)[C@H]3CC[C@]12C. The molecule has 2 heteroatoms. The first-order valence-electron chi connectivity index (χ1n) is 15.6. The molecule has 0 aromatic heterocycles. The average molecular weight is 558 g/mol. The van der Waals surface area contributed by atoms with Crippen LogP contribution in [0.5, 0.6) is 0 Å². The fraction of sp³-hybridized carbons (Fsp3) is 0.824. The molecule has 4 aliphatic rings. The molecule has 0 radical (unpaired) electrons. The zero-order valence-electron chi connectivity index (χ0n) is 23.8. The molecule has 1 N–H and O–H groups in total. The number of benzene rings is 1. The highest BCUT2D eigenvalue weighted by Gasteiger charge is 2.61. The highest BCUT2D eigenvalue weighted by Crippen LogP contribution is 2.69. The molecule has 36 heavy (non-hydrogen) atoms. The van der Waals surface area contributed by atoms with Crippen LogP contribution in [-0.2, 0) is 6.42 Å². The van der Waals surface area contributed by atoms with Crippen LogP contribution in [0, 0.1) is 58.2 Å². The monoisotopic (exact) mass is 556 g/mol. The number of hydrogen-bond donors (Lipinski definition) is 1. The Balaban J connectivity index is 1.31. The van der Waals surface area contributed by atoms with Crippen LogP contribution in [0.25, 0.3) is 0 Å². The Morgan fingerprint density at radius 1 is 0.833 bits per heavy atom. The van der Waals surface area contributed by atoms with Crippen LogP contribution < -0.4 is 0 Å². The molecule has 1 unspecified atom stereocenters. The summed E-state index contributed by atoms with van der Waals surface area (Å²) in [4.78, 5) is 0. The Morgan fingerprint density at radius 3 is 2.22 bits per heavy atom. The van der Waals surface area contributed by atoms with Gasteiger partial charge in [0.05, 0.1) is 6.10 Å². The van der Waals surface area contributed by atoms with E-state index in [0.29, 0.717) is 22.7 Å². The molecule has 5 rings (SSSR count). The van der Waals surface area contributed by atoms with Crippen molar-refractivity contribution in [2.24, 2.45) is 58.2 Å². The number of aliphatic hydroxyl groups is 1. The molecule has 1 nitrogen and oxygen atoms in total. The van der Waals surface area contributed by atoms with E-state index >= 15 is 0 Å². The van der Waals surface area contributed by atoms with Crippen LogP contribution in [-0.4, -0.2) is 11.2 Å². The summed E-state index contributed by atoms with van der Waals surface area (Å²) < 4.78 is 1.15. The molecule has 0 bridgehead atoms. The van der Waals surface area contributed by atoms with Gasteiger partial charge in [-0.1, -0.05) is 81.9 Å². The fourth-order valence-electron chi connectivity index (χ4n) is 10.7. The third kappa shape index (κ3) is 4.89. The van der Waals surface area contributed by atoms with E-state index in [0.717, 1.165) is 52.8 Å². The third-order valence-corrected chi connectivity index (χ3v) is 13.0. The maximum atomic E-state index is 11.2. The van der Waals surface area contributed by atoms with Gasteiger partial charge in [-0.25, -0.2) is 0 Å². The lowest BCUT2D eigenvalue weighted by molar-refractivity contribution is -0.152. The van der Waals surface area contributed by atoms with Gasteiger partial charge in [-0.3, -0.25) is 0 Å². The largest absolute Gasteiger partial charge is 0.393 e. The van der Waals surface area contributed by atoms with Gasteiger partial charge in [0.1, 0.15) is 0 Å². The maximum Gasteiger partial charge on any atom is 0.0574 e. The summed E-state index contributed by atoms with van der Waals surface area (Å²) in [6.45, 7) is 12.7. The van der Waals surface area contributed by atoms with E-state index < -0.39 is 0 Å². The summed E-state index contributed by atoms with van der Waals surface area (Å²) in [5, 5.41) is 11.2. The summed E-state index contributed by atoms with van der Waals surface area (Å²) in [7, 11) is 0. The van der Waals surface area contributed by atoms with Crippen molar-refractivity contribution in [2.75, 3.05) is 0 Å². The van der Waals surface area contributed by atoms with Crippen molar-refractivity contribution in [3.05, 3.63) is 34.3 Å². The van der Waals surface area contributed by atoms with Crippen molar-refractivity contribution in [3.8, 4) is 0 Å². The van der Waals surface area contributed by atoms with E-state index in [1.807, 2.05) is 0 Å². The van der Waals surface area contributed by atoms with Gasteiger partial charge in [0.2, 0.25) is 0 Å². The first kappa shape index (κ1) is 27.2. The molecular formula is C34H53BrO. The third-order valence-electron chi connectivity index (χ3n) is 12.5. The van der Waals surface area contributed by atoms with Gasteiger partial charge in [-0.2, -0.15) is 0 Å². The van der Waals surface area contributed by atoms with Crippen LogP contribution in [0.15, 0.2) is 28.7 Å². The summed E-state index contributed by atoms with van der Waals surface area (Å²) in [5.74, 6) is 6.55. The number of fused-ring (bicyclic) bond motifs is 5. The molecule has 0 aliphatic heterocycles. The van der Waals surface area contributed by atoms with E-state index in [4.69, 9.17) is 0 Å². The minimum Gasteiger partial charge on any atom is -0.393 e. The van der Waals surface area contributed by atoms with Crippen molar-refractivity contribution < 1.29 is 5.11 Å². The highest BCUT2D eigenvalue weighted by atomic mass is 79.9. The van der Waals surface area contributed by atoms with Crippen LogP contribution >= 0.6 is 15.9 Å². The van der Waals surface area contributed by atoms with Crippen molar-refractivity contribution in [3.63, 3.8) is 0 Å². The average Bonchev–Trinajstić information content (AvgIpc) is 3.19. The lowest BCUT2D eigenvalue weighted by Crippen LogP contribution is -2.57. The molecule has 0 heterocycles. The Hall–Kier alpha value is -0.340. The molecule has 1 aromatic carbocycles. The number of halogens is 1. The molecule has 10 atom stereocenters. The second kappa shape index (κ2) is 10.7. The predicted molar refractivity (Wildman–Crippen MR) is 156 cm³/mol. The van der Waals surface area contributed by atoms with Crippen LogP contribution in [0.4, 0.5) is 0 Å². The molecule has 202 valence electrons. The first-order chi connectivity index (χ1) is 17.1. The summed E-state index contributed by atoms with van der Waals surface area (Å²) >= 11 is 3.59. The fourth-order valence-corrected chi connectivity index (χ4v) is 11.0. The number of hydrogen-bond acceptors (Lipinski definition) is 1. The molecule has 1 aromatic rings. The molecule has 0 amide bonds. The van der Waals surface area contributed by atoms with Crippen molar-refractivity contribution in [1.29, 1.82) is 0 Å². The van der Waals surface area contributed by atoms with Gasteiger partial charge in [0.25, 0.3) is 0 Å². The molecule has 4 aliphatic carbocycles. The van der Waals surface area contributed by atoms with Crippen LogP contribution in [0.3, 0.4) is 0 Å². The van der Waals surface area contributed by atoms with Gasteiger partial charge >= 0.3 is 0 Å². The lowest BCUT2D eigenvalue weighted by atomic mass is 9.42. The second-order valence-electron chi connectivity index (χ2n) is 14.7. The second-order valence-corrected chi connectivity index (χ2v) is 15.6. The Labute approximate surface area is 230 Å². The smallest absolute Gasteiger partial charge is 0.0574 e. The predicted octanol–water partition coefficient (Wildman–Crippen LogP) is 9.70. The summed E-state index contributed by atoms with van der Waals surface area (Å²) in [5.41, 5.74) is 2.40. The molecule has 0 spiro atoms. The van der Waals surface area contributed by atoms with E-state index in [1.54, 1.807) is 0 Å². The first-order valence-corrected chi connectivity index (χ1v) is 16.3. The van der Waals surface area contributed by atoms with Gasteiger partial charge < -0.3 is 5.11 Å². The van der Waals surface area contributed by atoms with Crippen molar-refractivity contribution >= 4 is 15.9 Å². The van der Waals surface area contributed by atoms with E-state index in [1.165, 1.54) is 69.8 Å². The van der Waals surface area contributed by atoms with Crippen LogP contribution in [0.1, 0.15) is 111 Å². The number of aliphatic hydroxyl groups excluding tert-OH is 1. The van der Waals surface area contributed by atoms with Gasteiger partial charge in [-0.05, 0) is 134 Å². The van der Waals surface area contributed by atoms with Gasteiger partial charge in [0, 0.05) is 4.47 Å². The molecule has 4 fully saturated rings. The van der Waals surface area contributed by atoms with Crippen LogP contribution in [0.2, 0.25) is 0 Å². The lowest BCUT2D eigenvalue weighted by Gasteiger charge is -2.63. The highest BCUT2D eigenvalue weighted by molar-refractivity contribution is 9.10.